The lowest BCUT2D eigenvalue weighted by Gasteiger charge is -2.19. The molecule has 0 aromatic rings. The maximum Gasteiger partial charge on any atom is 0.528 e. The normalized spacial score (nSPS) is 10.1. The van der Waals surface area contributed by atoms with Gasteiger partial charge in [-0.2, -0.15) is 0 Å². The minimum absolute atomic E-state index is 0.335. The topological polar surface area (TPSA) is 54.0 Å². The first kappa shape index (κ1) is 19.4. The first-order chi connectivity index (χ1) is 8.42. The van der Waals surface area contributed by atoms with Gasteiger partial charge in [0, 0.05) is 26.9 Å². The molecule has 18 heavy (non-hydrogen) atoms. The molecule has 105 valence electrons. The number of ether oxygens (including phenoxy) is 1. The van der Waals surface area contributed by atoms with Crippen molar-refractivity contribution in [3.63, 3.8) is 0 Å². The third-order valence-electron chi connectivity index (χ3n) is 1.83. The summed E-state index contributed by atoms with van der Waals surface area (Å²) in [6.07, 6.45) is 0.610. The first-order valence-corrected chi connectivity index (χ1v) is 7.14. The summed E-state index contributed by atoms with van der Waals surface area (Å²) >= 11 is 0. The summed E-state index contributed by atoms with van der Waals surface area (Å²) < 4.78 is 19.5. The standard InChI is InChI=1S/C7H11O2.C5H12O3Si/c1-4-5-9-7(8)6(2)3;1-5-9(6-2,7-3)8-4/h1-2,4-5H2,3H3;5H,1H2,2-4H3. The molecular formula is C12H23O5Si. The van der Waals surface area contributed by atoms with Gasteiger partial charge in [0.25, 0.3) is 0 Å². The number of rotatable bonds is 7. The third kappa shape index (κ3) is 8.18. The number of hydrogen-bond acceptors (Lipinski definition) is 5. The molecule has 0 aromatic heterocycles. The summed E-state index contributed by atoms with van der Waals surface area (Å²) in [5.74, 6) is -0.335. The summed E-state index contributed by atoms with van der Waals surface area (Å²) in [5, 5.41) is 0. The van der Waals surface area contributed by atoms with Crippen LogP contribution in [-0.2, 0) is 22.8 Å². The van der Waals surface area contributed by atoms with Crippen LogP contribution in [-0.4, -0.2) is 42.7 Å². The van der Waals surface area contributed by atoms with E-state index >= 15 is 0 Å². The Morgan fingerprint density at radius 2 is 1.67 bits per heavy atom. The Hall–Kier alpha value is -0.953. The zero-order valence-electron chi connectivity index (χ0n) is 11.7. The van der Waals surface area contributed by atoms with Gasteiger partial charge in [0.2, 0.25) is 0 Å². The minimum Gasteiger partial charge on any atom is -0.462 e. The quantitative estimate of drug-likeness (QED) is 0.403. The highest BCUT2D eigenvalue weighted by molar-refractivity contribution is 6.66. The largest absolute Gasteiger partial charge is 0.528 e. The second-order valence-electron chi connectivity index (χ2n) is 3.19. The van der Waals surface area contributed by atoms with Crippen molar-refractivity contribution in [1.29, 1.82) is 0 Å². The van der Waals surface area contributed by atoms with Crippen LogP contribution in [0.15, 0.2) is 24.4 Å². The van der Waals surface area contributed by atoms with Crippen LogP contribution in [0.5, 0.6) is 0 Å². The number of esters is 1. The molecule has 0 aromatic carbocycles. The van der Waals surface area contributed by atoms with E-state index < -0.39 is 8.80 Å². The van der Waals surface area contributed by atoms with Gasteiger partial charge < -0.3 is 18.0 Å². The van der Waals surface area contributed by atoms with E-state index in [1.54, 1.807) is 34.0 Å². The molecule has 0 unspecified atom stereocenters. The summed E-state index contributed by atoms with van der Waals surface area (Å²) in [6.45, 7) is 12.5. The zero-order valence-corrected chi connectivity index (χ0v) is 12.7. The average molecular weight is 275 g/mol. The molecule has 0 N–H and O–H groups in total. The van der Waals surface area contributed by atoms with Crippen LogP contribution in [0.2, 0.25) is 0 Å². The predicted molar refractivity (Wildman–Crippen MR) is 72.7 cm³/mol. The molecule has 0 bridgehead atoms. The van der Waals surface area contributed by atoms with Gasteiger partial charge in [-0.05, 0) is 26.0 Å². The number of hydrogen-bond donors (Lipinski definition) is 0. The Labute approximate surface area is 111 Å². The highest BCUT2D eigenvalue weighted by Crippen LogP contribution is 2.04. The van der Waals surface area contributed by atoms with Crippen LogP contribution in [0.4, 0.5) is 0 Å². The van der Waals surface area contributed by atoms with Crippen LogP contribution >= 0.6 is 0 Å². The number of carbonyl (C=O) groups is 1. The van der Waals surface area contributed by atoms with Gasteiger partial charge in [0.05, 0.1) is 6.61 Å². The van der Waals surface area contributed by atoms with Gasteiger partial charge >= 0.3 is 14.8 Å². The molecule has 0 amide bonds. The fourth-order valence-electron chi connectivity index (χ4n) is 0.788. The van der Waals surface area contributed by atoms with E-state index in [2.05, 4.69) is 24.8 Å². The highest BCUT2D eigenvalue weighted by Gasteiger charge is 2.33. The lowest BCUT2D eigenvalue weighted by Crippen LogP contribution is -2.40. The molecule has 1 radical (unpaired) electrons. The second kappa shape index (κ2) is 11.2. The lowest BCUT2D eigenvalue weighted by atomic mass is 10.4. The highest BCUT2D eigenvalue weighted by atomic mass is 28.4. The summed E-state index contributed by atoms with van der Waals surface area (Å²) in [6, 6.07) is 0. The first-order valence-electron chi connectivity index (χ1n) is 5.33. The smallest absolute Gasteiger partial charge is 0.462 e. The molecule has 0 saturated carbocycles. The molecule has 6 heteroatoms. The summed E-state index contributed by atoms with van der Waals surface area (Å²) in [7, 11) is 2.20. The van der Waals surface area contributed by atoms with E-state index in [1.165, 1.54) is 0 Å². The molecule has 0 saturated heterocycles. The molecule has 0 rings (SSSR count). The Balaban J connectivity index is 0. The van der Waals surface area contributed by atoms with Crippen molar-refractivity contribution in [2.24, 2.45) is 0 Å². The third-order valence-corrected chi connectivity index (χ3v) is 4.04. The molecule has 0 aliphatic carbocycles. The van der Waals surface area contributed by atoms with E-state index in [0.29, 0.717) is 18.6 Å². The van der Waals surface area contributed by atoms with E-state index in [-0.39, 0.29) is 5.97 Å². The molecule has 0 aliphatic rings. The lowest BCUT2D eigenvalue weighted by molar-refractivity contribution is -0.138. The molecular weight excluding hydrogens is 252 g/mol. The maximum atomic E-state index is 10.6. The Morgan fingerprint density at radius 3 is 1.83 bits per heavy atom. The predicted octanol–water partition coefficient (Wildman–Crippen LogP) is 1.92. The van der Waals surface area contributed by atoms with Crippen molar-refractivity contribution in [2.75, 3.05) is 27.9 Å². The van der Waals surface area contributed by atoms with Gasteiger partial charge in [0.15, 0.2) is 0 Å². The van der Waals surface area contributed by atoms with Crippen molar-refractivity contribution < 1.29 is 22.8 Å². The molecule has 0 fully saturated rings. The van der Waals surface area contributed by atoms with E-state index in [1.807, 2.05) is 0 Å². The molecule has 0 atom stereocenters. The van der Waals surface area contributed by atoms with Crippen LogP contribution in [0.25, 0.3) is 0 Å². The Bertz CT molecular complexity index is 253. The maximum absolute atomic E-state index is 10.6. The van der Waals surface area contributed by atoms with E-state index in [0.717, 1.165) is 0 Å². The molecule has 5 nitrogen and oxygen atoms in total. The van der Waals surface area contributed by atoms with Gasteiger partial charge in [-0.1, -0.05) is 13.2 Å². The van der Waals surface area contributed by atoms with Gasteiger partial charge in [0.1, 0.15) is 0 Å². The summed E-state index contributed by atoms with van der Waals surface area (Å²) in [5.41, 5.74) is 2.01. The van der Waals surface area contributed by atoms with Crippen molar-refractivity contribution in [2.45, 2.75) is 13.3 Å². The Kier molecular flexibility index (Phi) is 12.0. The van der Waals surface area contributed by atoms with Crippen LogP contribution < -0.4 is 0 Å². The van der Waals surface area contributed by atoms with E-state index in [4.69, 9.17) is 13.3 Å². The zero-order chi connectivity index (χ0) is 14.6. The van der Waals surface area contributed by atoms with Crippen molar-refractivity contribution >= 4 is 14.8 Å². The number of carbonyl (C=O) groups excluding carboxylic acids is 1. The van der Waals surface area contributed by atoms with E-state index in [9.17, 15) is 4.79 Å². The van der Waals surface area contributed by atoms with Gasteiger partial charge in [-0.15, -0.1) is 0 Å². The van der Waals surface area contributed by atoms with Crippen molar-refractivity contribution in [1.82, 2.24) is 0 Å². The fourth-order valence-corrected chi connectivity index (χ4v) is 1.79. The monoisotopic (exact) mass is 275 g/mol. The molecule has 0 heterocycles. The minimum atomic E-state index is -2.43. The fraction of sp³-hybridized carbons (Fsp3) is 0.500. The Morgan fingerprint density at radius 1 is 1.22 bits per heavy atom. The van der Waals surface area contributed by atoms with Crippen LogP contribution in [0.3, 0.4) is 0 Å². The van der Waals surface area contributed by atoms with Gasteiger partial charge in [-0.25, -0.2) is 4.79 Å². The van der Waals surface area contributed by atoms with Gasteiger partial charge in [-0.3, -0.25) is 0 Å². The second-order valence-corrected chi connectivity index (χ2v) is 6.03. The van der Waals surface area contributed by atoms with Crippen LogP contribution in [0, 0.1) is 6.92 Å². The molecule has 0 aliphatic heterocycles. The SMILES string of the molecule is C=C[Si](OC)(OC)OC.[CH2]CCOC(=O)C(=C)C. The average Bonchev–Trinajstić information content (AvgIpc) is 2.40. The summed E-state index contributed by atoms with van der Waals surface area (Å²) in [4.78, 5) is 10.6. The van der Waals surface area contributed by atoms with Crippen molar-refractivity contribution in [3.05, 3.63) is 31.4 Å². The van der Waals surface area contributed by atoms with Crippen LogP contribution in [0.1, 0.15) is 13.3 Å². The van der Waals surface area contributed by atoms with Crippen molar-refractivity contribution in [3.8, 4) is 0 Å². The molecule has 0 spiro atoms.